The summed E-state index contributed by atoms with van der Waals surface area (Å²) in [6.07, 6.45) is -4.47. The molecular formula is C21H22F3N3O4. The second-order valence-electron chi connectivity index (χ2n) is 7.68. The number of amides is 2. The fraction of sp³-hybridized carbons (Fsp3) is 0.333. The zero-order chi connectivity index (χ0) is 23.4. The predicted molar refractivity (Wildman–Crippen MR) is 108 cm³/mol. The van der Waals surface area contributed by atoms with Gasteiger partial charge in [-0.1, -0.05) is 38.1 Å². The molecule has 2 N–H and O–H groups in total. The highest BCUT2D eigenvalue weighted by atomic mass is 19.4. The number of carbonyl (C=O) groups is 2. The van der Waals surface area contributed by atoms with E-state index in [1.807, 2.05) is 0 Å². The van der Waals surface area contributed by atoms with E-state index in [-0.39, 0.29) is 17.8 Å². The Bertz CT molecular complexity index is 990. The molecule has 0 bridgehead atoms. The van der Waals surface area contributed by atoms with Crippen LogP contribution in [0, 0.1) is 10.1 Å². The van der Waals surface area contributed by atoms with Crippen molar-refractivity contribution < 1.29 is 27.7 Å². The maximum Gasteiger partial charge on any atom is 0.416 e. The van der Waals surface area contributed by atoms with Gasteiger partial charge in [-0.25, -0.2) is 0 Å². The summed E-state index contributed by atoms with van der Waals surface area (Å²) in [6, 6.07) is 8.98. The summed E-state index contributed by atoms with van der Waals surface area (Å²) in [6.45, 7) is 4.84. The van der Waals surface area contributed by atoms with Crippen molar-refractivity contribution in [3.8, 4) is 0 Å². The van der Waals surface area contributed by atoms with E-state index in [1.54, 1.807) is 19.9 Å². The summed E-state index contributed by atoms with van der Waals surface area (Å²) in [5.41, 5.74) is -1.41. The molecule has 10 heteroatoms. The first kappa shape index (κ1) is 23.8. The van der Waals surface area contributed by atoms with Crippen molar-refractivity contribution in [3.05, 3.63) is 75.3 Å². The van der Waals surface area contributed by atoms with Gasteiger partial charge >= 0.3 is 6.18 Å². The lowest BCUT2D eigenvalue weighted by Gasteiger charge is -2.27. The highest BCUT2D eigenvalue weighted by Gasteiger charge is 2.32. The second-order valence-corrected chi connectivity index (χ2v) is 7.68. The Morgan fingerprint density at radius 1 is 1.06 bits per heavy atom. The van der Waals surface area contributed by atoms with E-state index in [0.29, 0.717) is 5.56 Å². The van der Waals surface area contributed by atoms with Crippen LogP contribution in [0.5, 0.6) is 0 Å². The minimum Gasteiger partial charge on any atom is -0.353 e. The fourth-order valence-electron chi connectivity index (χ4n) is 2.79. The van der Waals surface area contributed by atoms with Crippen molar-refractivity contribution in [2.24, 2.45) is 0 Å². The monoisotopic (exact) mass is 437 g/mol. The molecular weight excluding hydrogens is 415 g/mol. The van der Waals surface area contributed by atoms with Crippen LogP contribution in [-0.4, -0.2) is 29.3 Å². The van der Waals surface area contributed by atoms with Crippen molar-refractivity contribution in [1.29, 1.82) is 0 Å². The Kier molecular flexibility index (Phi) is 7.04. The quantitative estimate of drug-likeness (QED) is 0.508. The van der Waals surface area contributed by atoms with Crippen LogP contribution >= 0.6 is 0 Å². The first-order valence-corrected chi connectivity index (χ1v) is 9.32. The van der Waals surface area contributed by atoms with E-state index >= 15 is 0 Å². The lowest BCUT2D eigenvalue weighted by molar-refractivity contribution is -0.384. The molecule has 1 atom stereocenters. The van der Waals surface area contributed by atoms with Gasteiger partial charge in [-0.05, 0) is 24.6 Å². The van der Waals surface area contributed by atoms with Gasteiger partial charge in [0.2, 0.25) is 5.91 Å². The van der Waals surface area contributed by atoms with Crippen molar-refractivity contribution >= 4 is 17.5 Å². The van der Waals surface area contributed by atoms with Crippen LogP contribution in [0.4, 0.5) is 18.9 Å². The summed E-state index contributed by atoms with van der Waals surface area (Å²) in [7, 11) is 0. The van der Waals surface area contributed by atoms with Gasteiger partial charge in [0, 0.05) is 29.7 Å². The molecule has 2 rings (SSSR count). The minimum atomic E-state index is -4.47. The van der Waals surface area contributed by atoms with Crippen molar-refractivity contribution in [3.63, 3.8) is 0 Å². The summed E-state index contributed by atoms with van der Waals surface area (Å²) in [4.78, 5) is 34.8. The Morgan fingerprint density at radius 2 is 1.68 bits per heavy atom. The molecule has 7 nitrogen and oxygen atoms in total. The van der Waals surface area contributed by atoms with Crippen LogP contribution < -0.4 is 10.6 Å². The highest BCUT2D eigenvalue weighted by molar-refractivity contribution is 5.97. The van der Waals surface area contributed by atoms with E-state index in [1.165, 1.54) is 31.2 Å². The maximum atomic E-state index is 13.0. The predicted octanol–water partition coefficient (Wildman–Crippen LogP) is 3.83. The molecule has 0 aromatic heterocycles. The number of alkyl halides is 3. The molecule has 0 heterocycles. The summed E-state index contributed by atoms with van der Waals surface area (Å²) < 4.78 is 38.9. The van der Waals surface area contributed by atoms with Gasteiger partial charge in [0.15, 0.2) is 0 Å². The number of nitrogens with zero attached hydrogens (tertiary/aromatic N) is 1. The molecule has 0 saturated heterocycles. The van der Waals surface area contributed by atoms with Crippen LogP contribution in [0.2, 0.25) is 0 Å². The number of nitrogens with one attached hydrogen (secondary N) is 2. The van der Waals surface area contributed by atoms with E-state index in [0.717, 1.165) is 18.2 Å². The average Bonchev–Trinajstić information content (AvgIpc) is 2.71. The van der Waals surface area contributed by atoms with E-state index in [9.17, 15) is 32.9 Å². The Balaban J connectivity index is 2.00. The van der Waals surface area contributed by atoms with Crippen LogP contribution in [0.1, 0.15) is 42.3 Å². The largest absolute Gasteiger partial charge is 0.416 e. The van der Waals surface area contributed by atoms with E-state index in [4.69, 9.17) is 0 Å². The first-order chi connectivity index (χ1) is 14.3. The summed E-state index contributed by atoms with van der Waals surface area (Å²) in [5.74, 6) is -1.21. The Hall–Kier alpha value is -3.43. The smallest absolute Gasteiger partial charge is 0.353 e. The van der Waals surface area contributed by atoms with Gasteiger partial charge in [-0.3, -0.25) is 19.7 Å². The molecule has 2 amide bonds. The van der Waals surface area contributed by atoms with Gasteiger partial charge < -0.3 is 10.6 Å². The molecule has 0 aliphatic rings. The molecule has 0 saturated carbocycles. The maximum absolute atomic E-state index is 13.0. The number of rotatable bonds is 7. The highest BCUT2D eigenvalue weighted by Crippen LogP contribution is 2.32. The molecule has 0 aliphatic carbocycles. The SMILES string of the molecule is CC(NC(=O)c1cccc([N+](=O)[O-])c1)C(=O)NCC(C)(C)c1cccc(C(F)(F)F)c1. The van der Waals surface area contributed by atoms with Gasteiger partial charge in [0.05, 0.1) is 10.5 Å². The molecule has 0 radical (unpaired) electrons. The first-order valence-electron chi connectivity index (χ1n) is 9.32. The van der Waals surface area contributed by atoms with Crippen LogP contribution in [0.15, 0.2) is 48.5 Å². The number of hydrogen-bond acceptors (Lipinski definition) is 4. The van der Waals surface area contributed by atoms with E-state index < -0.39 is 39.9 Å². The van der Waals surface area contributed by atoms with Gasteiger partial charge in [-0.2, -0.15) is 13.2 Å². The van der Waals surface area contributed by atoms with Gasteiger partial charge in [0.1, 0.15) is 6.04 Å². The normalized spacial score (nSPS) is 12.7. The lowest BCUT2D eigenvalue weighted by Crippen LogP contribution is -2.47. The molecule has 1 unspecified atom stereocenters. The van der Waals surface area contributed by atoms with Crippen LogP contribution in [0.25, 0.3) is 0 Å². The number of carbonyl (C=O) groups excluding carboxylic acids is 2. The lowest BCUT2D eigenvalue weighted by atomic mass is 9.83. The third-order valence-electron chi connectivity index (χ3n) is 4.74. The van der Waals surface area contributed by atoms with Crippen molar-refractivity contribution in [1.82, 2.24) is 10.6 Å². The number of nitro benzene ring substituents is 1. The zero-order valence-corrected chi connectivity index (χ0v) is 17.1. The zero-order valence-electron chi connectivity index (χ0n) is 17.1. The number of benzene rings is 2. The molecule has 0 fully saturated rings. The number of halogens is 3. The fourth-order valence-corrected chi connectivity index (χ4v) is 2.79. The molecule has 0 aliphatic heterocycles. The topological polar surface area (TPSA) is 101 Å². The molecule has 0 spiro atoms. The number of nitro groups is 1. The molecule has 166 valence electrons. The van der Waals surface area contributed by atoms with E-state index in [2.05, 4.69) is 10.6 Å². The molecule has 2 aromatic carbocycles. The third kappa shape index (κ3) is 6.27. The average molecular weight is 437 g/mol. The van der Waals surface area contributed by atoms with Crippen molar-refractivity contribution in [2.45, 2.75) is 38.4 Å². The summed E-state index contributed by atoms with van der Waals surface area (Å²) in [5, 5.41) is 15.9. The molecule has 2 aromatic rings. The number of hydrogen-bond donors (Lipinski definition) is 2. The minimum absolute atomic E-state index is 0.0261. The molecule has 31 heavy (non-hydrogen) atoms. The van der Waals surface area contributed by atoms with Gasteiger partial charge in [0.25, 0.3) is 11.6 Å². The van der Waals surface area contributed by atoms with Crippen molar-refractivity contribution in [2.75, 3.05) is 6.54 Å². The standard InChI is InChI=1S/C21H22F3N3O4/c1-13(26-19(29)14-6-4-9-17(10-14)27(30)31)18(28)25-12-20(2,3)15-7-5-8-16(11-15)21(22,23)24/h4-11,13H,12H2,1-3H3,(H,25,28)(H,26,29). The van der Waals surface area contributed by atoms with Crippen LogP contribution in [0.3, 0.4) is 0 Å². The summed E-state index contributed by atoms with van der Waals surface area (Å²) >= 11 is 0. The Labute approximate surface area is 176 Å². The van der Waals surface area contributed by atoms with Gasteiger partial charge in [-0.15, -0.1) is 0 Å². The Morgan fingerprint density at radius 3 is 2.29 bits per heavy atom. The van der Waals surface area contributed by atoms with Crippen LogP contribution in [-0.2, 0) is 16.4 Å². The second kappa shape index (κ2) is 9.15. The third-order valence-corrected chi connectivity index (χ3v) is 4.74. The number of non-ortho nitro benzene ring substituents is 1.